The second-order valence-corrected chi connectivity index (χ2v) is 7.10. The molecule has 0 atom stereocenters. The van der Waals surface area contributed by atoms with Crippen LogP contribution in [0.3, 0.4) is 0 Å². The molecule has 3 aromatic rings. The molecule has 1 aromatic carbocycles. The van der Waals surface area contributed by atoms with Crippen molar-refractivity contribution in [2.24, 2.45) is 4.99 Å². The second-order valence-electron chi connectivity index (χ2n) is 6.10. The first-order valence-corrected chi connectivity index (χ1v) is 9.73. The minimum absolute atomic E-state index is 0. The molecule has 2 N–H and O–H groups in total. The highest BCUT2D eigenvalue weighted by Gasteiger charge is 2.03. The Kier molecular flexibility index (Phi) is 8.80. The van der Waals surface area contributed by atoms with Gasteiger partial charge in [-0.15, -0.1) is 35.3 Å². The standard InChI is InChI=1S/C20H25N5S.HI/c1-3-21-20(23-14-19-16(2)8-11-26-19)22-13-17-6-4-7-18(12-17)15-25-10-5-9-24-25;/h4-12H,3,13-15H2,1-2H3,(H2,21,22,23);1H. The van der Waals surface area contributed by atoms with Crippen molar-refractivity contribution in [3.05, 3.63) is 75.7 Å². The van der Waals surface area contributed by atoms with E-state index in [1.807, 2.05) is 16.9 Å². The molecule has 0 aliphatic rings. The number of rotatable bonds is 7. The summed E-state index contributed by atoms with van der Waals surface area (Å²) in [6.45, 7) is 7.29. The number of nitrogens with zero attached hydrogens (tertiary/aromatic N) is 3. The van der Waals surface area contributed by atoms with Crippen LogP contribution < -0.4 is 10.6 Å². The molecule has 0 spiro atoms. The van der Waals surface area contributed by atoms with E-state index in [1.54, 1.807) is 17.5 Å². The minimum Gasteiger partial charge on any atom is -0.357 e. The maximum absolute atomic E-state index is 4.73. The van der Waals surface area contributed by atoms with Crippen molar-refractivity contribution in [2.75, 3.05) is 6.54 Å². The summed E-state index contributed by atoms with van der Waals surface area (Å²) < 4.78 is 1.93. The molecule has 0 unspecified atom stereocenters. The van der Waals surface area contributed by atoms with Gasteiger partial charge in [-0.3, -0.25) is 4.68 Å². The Morgan fingerprint density at radius 3 is 2.74 bits per heavy atom. The third-order valence-electron chi connectivity index (χ3n) is 4.04. The number of aromatic nitrogens is 2. The first kappa shape index (κ1) is 21.4. The van der Waals surface area contributed by atoms with Gasteiger partial charge >= 0.3 is 0 Å². The Labute approximate surface area is 181 Å². The summed E-state index contributed by atoms with van der Waals surface area (Å²) in [6, 6.07) is 12.6. The first-order valence-electron chi connectivity index (χ1n) is 8.85. The quantitative estimate of drug-likeness (QED) is 0.294. The minimum atomic E-state index is 0. The number of guanidine groups is 1. The molecule has 7 heteroatoms. The highest BCUT2D eigenvalue weighted by atomic mass is 127. The van der Waals surface area contributed by atoms with E-state index < -0.39 is 0 Å². The van der Waals surface area contributed by atoms with Gasteiger partial charge in [-0.25, -0.2) is 4.99 Å². The van der Waals surface area contributed by atoms with Crippen LogP contribution in [0.2, 0.25) is 0 Å². The number of nitrogens with one attached hydrogen (secondary N) is 2. The van der Waals surface area contributed by atoms with Gasteiger partial charge in [0, 0.05) is 23.8 Å². The zero-order valence-corrected chi connectivity index (χ0v) is 18.8. The van der Waals surface area contributed by atoms with Crippen molar-refractivity contribution in [3.8, 4) is 0 Å². The zero-order chi connectivity index (χ0) is 18.2. The van der Waals surface area contributed by atoms with Crippen LogP contribution in [0, 0.1) is 6.92 Å². The Morgan fingerprint density at radius 2 is 2.04 bits per heavy atom. The van der Waals surface area contributed by atoms with E-state index in [4.69, 9.17) is 4.99 Å². The Bertz CT molecular complexity index is 842. The number of aliphatic imine (C=N–C) groups is 1. The molecule has 3 rings (SSSR count). The molecule has 0 fully saturated rings. The Hall–Kier alpha value is -1.87. The predicted octanol–water partition coefficient (Wildman–Crippen LogP) is 4.17. The van der Waals surface area contributed by atoms with Gasteiger partial charge < -0.3 is 10.6 Å². The normalized spacial score (nSPS) is 11.1. The van der Waals surface area contributed by atoms with E-state index in [0.29, 0.717) is 6.54 Å². The van der Waals surface area contributed by atoms with Crippen molar-refractivity contribution in [1.29, 1.82) is 0 Å². The molecule has 0 amide bonds. The lowest BCUT2D eigenvalue weighted by Crippen LogP contribution is -2.36. The van der Waals surface area contributed by atoms with E-state index in [2.05, 4.69) is 65.3 Å². The summed E-state index contributed by atoms with van der Waals surface area (Å²) in [7, 11) is 0. The average Bonchev–Trinajstić information content (AvgIpc) is 3.29. The monoisotopic (exact) mass is 495 g/mol. The summed E-state index contributed by atoms with van der Waals surface area (Å²) in [4.78, 5) is 6.07. The first-order chi connectivity index (χ1) is 12.7. The fourth-order valence-electron chi connectivity index (χ4n) is 2.67. The number of hydrogen-bond donors (Lipinski definition) is 2. The molecular formula is C20H26IN5S. The van der Waals surface area contributed by atoms with Crippen LogP contribution in [0.1, 0.15) is 28.5 Å². The third kappa shape index (κ3) is 6.66. The molecule has 0 saturated carbocycles. The fourth-order valence-corrected chi connectivity index (χ4v) is 3.51. The molecule has 0 aliphatic carbocycles. The predicted molar refractivity (Wildman–Crippen MR) is 124 cm³/mol. The number of hydrogen-bond acceptors (Lipinski definition) is 3. The third-order valence-corrected chi connectivity index (χ3v) is 5.07. The summed E-state index contributed by atoms with van der Waals surface area (Å²) in [5.41, 5.74) is 3.75. The summed E-state index contributed by atoms with van der Waals surface area (Å²) in [5, 5.41) is 13.1. The average molecular weight is 495 g/mol. The SMILES string of the molecule is CCNC(=NCc1cccc(Cn2cccn2)c1)NCc1sccc1C.I. The van der Waals surface area contributed by atoms with E-state index in [1.165, 1.54) is 21.6 Å². The Morgan fingerprint density at radius 1 is 1.19 bits per heavy atom. The van der Waals surface area contributed by atoms with Crippen LogP contribution in [0.4, 0.5) is 0 Å². The van der Waals surface area contributed by atoms with Crippen LogP contribution in [-0.2, 0) is 19.6 Å². The largest absolute Gasteiger partial charge is 0.357 e. The number of thiophene rings is 1. The van der Waals surface area contributed by atoms with Gasteiger partial charge in [0.05, 0.1) is 19.6 Å². The number of halogens is 1. The fraction of sp³-hybridized carbons (Fsp3) is 0.300. The second kappa shape index (κ2) is 11.1. The molecule has 2 aromatic heterocycles. The van der Waals surface area contributed by atoms with Crippen molar-refractivity contribution >= 4 is 41.3 Å². The van der Waals surface area contributed by atoms with Crippen LogP contribution in [0.5, 0.6) is 0 Å². The van der Waals surface area contributed by atoms with E-state index in [9.17, 15) is 0 Å². The lowest BCUT2D eigenvalue weighted by atomic mass is 10.1. The Balaban J connectivity index is 0.00000261. The van der Waals surface area contributed by atoms with E-state index >= 15 is 0 Å². The molecule has 27 heavy (non-hydrogen) atoms. The topological polar surface area (TPSA) is 54.2 Å². The number of benzene rings is 1. The summed E-state index contributed by atoms with van der Waals surface area (Å²) in [6.07, 6.45) is 3.78. The van der Waals surface area contributed by atoms with Crippen LogP contribution in [0.15, 0.2) is 59.2 Å². The lowest BCUT2D eigenvalue weighted by molar-refractivity contribution is 0.686. The van der Waals surface area contributed by atoms with E-state index in [-0.39, 0.29) is 24.0 Å². The molecule has 0 radical (unpaired) electrons. The van der Waals surface area contributed by atoms with Gasteiger partial charge in [0.2, 0.25) is 0 Å². The molecule has 2 heterocycles. The van der Waals surface area contributed by atoms with Crippen molar-refractivity contribution in [2.45, 2.75) is 33.5 Å². The van der Waals surface area contributed by atoms with Gasteiger partial charge in [-0.2, -0.15) is 5.10 Å². The van der Waals surface area contributed by atoms with Crippen molar-refractivity contribution in [3.63, 3.8) is 0 Å². The van der Waals surface area contributed by atoms with Gasteiger partial charge in [0.25, 0.3) is 0 Å². The molecule has 0 bridgehead atoms. The molecular weight excluding hydrogens is 469 g/mol. The molecule has 0 saturated heterocycles. The highest BCUT2D eigenvalue weighted by Crippen LogP contribution is 2.14. The highest BCUT2D eigenvalue weighted by molar-refractivity contribution is 14.0. The summed E-state index contributed by atoms with van der Waals surface area (Å²) >= 11 is 1.77. The molecule has 0 aliphatic heterocycles. The van der Waals surface area contributed by atoms with Gasteiger partial charge in [0.1, 0.15) is 0 Å². The van der Waals surface area contributed by atoms with E-state index in [0.717, 1.165) is 25.6 Å². The number of aryl methyl sites for hydroxylation is 1. The maximum Gasteiger partial charge on any atom is 0.191 e. The lowest BCUT2D eigenvalue weighted by Gasteiger charge is -2.11. The van der Waals surface area contributed by atoms with Gasteiger partial charge in [-0.05, 0) is 48.1 Å². The van der Waals surface area contributed by atoms with Crippen LogP contribution in [-0.4, -0.2) is 22.3 Å². The van der Waals surface area contributed by atoms with Crippen molar-refractivity contribution < 1.29 is 0 Å². The van der Waals surface area contributed by atoms with Gasteiger partial charge in [-0.1, -0.05) is 24.3 Å². The van der Waals surface area contributed by atoms with Crippen molar-refractivity contribution in [1.82, 2.24) is 20.4 Å². The molecule has 144 valence electrons. The van der Waals surface area contributed by atoms with Crippen LogP contribution >= 0.6 is 35.3 Å². The maximum atomic E-state index is 4.73. The smallest absolute Gasteiger partial charge is 0.191 e. The van der Waals surface area contributed by atoms with Gasteiger partial charge in [0.15, 0.2) is 5.96 Å². The zero-order valence-electron chi connectivity index (χ0n) is 15.7. The van der Waals surface area contributed by atoms with Crippen LogP contribution in [0.25, 0.3) is 0 Å². The summed E-state index contributed by atoms with van der Waals surface area (Å²) in [5.74, 6) is 0.845. The molecule has 5 nitrogen and oxygen atoms in total.